The molecular weight excluding hydrogens is 367 g/mol. The molecule has 0 spiro atoms. The van der Waals surface area contributed by atoms with E-state index in [4.69, 9.17) is 0 Å². The molecule has 1 aliphatic rings. The van der Waals surface area contributed by atoms with Gasteiger partial charge >= 0.3 is 0 Å². The Morgan fingerprint density at radius 2 is 2.00 bits per heavy atom. The lowest BCUT2D eigenvalue weighted by Crippen LogP contribution is -2.39. The Kier molecular flexibility index (Phi) is 5.51. The normalized spacial score (nSPS) is 16.5. The van der Waals surface area contributed by atoms with E-state index in [2.05, 4.69) is 15.3 Å². The van der Waals surface area contributed by atoms with Crippen LogP contribution >= 0.6 is 0 Å². The van der Waals surface area contributed by atoms with Gasteiger partial charge in [-0.25, -0.2) is 14.4 Å². The molecule has 5 nitrogen and oxygen atoms in total. The van der Waals surface area contributed by atoms with Crippen molar-refractivity contribution in [1.82, 2.24) is 14.9 Å². The van der Waals surface area contributed by atoms with E-state index in [1.54, 1.807) is 18.3 Å². The number of carbonyl (C=O) groups excluding carboxylic acids is 1. The topological polar surface area (TPSA) is 58.1 Å². The molecule has 1 N–H and O–H groups in total. The smallest absolute Gasteiger partial charge is 0.253 e. The van der Waals surface area contributed by atoms with Crippen LogP contribution in [0.25, 0.3) is 0 Å². The summed E-state index contributed by atoms with van der Waals surface area (Å²) >= 11 is 0. The van der Waals surface area contributed by atoms with E-state index < -0.39 is 0 Å². The molecule has 0 radical (unpaired) electrons. The molecule has 0 aliphatic carbocycles. The average Bonchev–Trinajstić information content (AvgIpc) is 2.75. The molecule has 1 fully saturated rings. The number of nitrogens with one attached hydrogen (secondary N) is 1. The van der Waals surface area contributed by atoms with Crippen LogP contribution in [-0.4, -0.2) is 33.9 Å². The summed E-state index contributed by atoms with van der Waals surface area (Å²) in [6.45, 7) is 3.39. The molecule has 1 aromatic heterocycles. The summed E-state index contributed by atoms with van der Waals surface area (Å²) in [7, 11) is 0. The second-order valence-electron chi connectivity index (χ2n) is 7.40. The number of amides is 1. The summed E-state index contributed by atoms with van der Waals surface area (Å²) in [6.07, 6.45) is 3.63. The lowest BCUT2D eigenvalue weighted by atomic mass is 9.94. The number of anilines is 2. The van der Waals surface area contributed by atoms with Crippen molar-refractivity contribution in [2.75, 3.05) is 18.4 Å². The van der Waals surface area contributed by atoms with Gasteiger partial charge in [-0.2, -0.15) is 0 Å². The highest BCUT2D eigenvalue weighted by molar-refractivity contribution is 5.94. The zero-order valence-corrected chi connectivity index (χ0v) is 16.3. The van der Waals surface area contributed by atoms with Crippen LogP contribution in [0.2, 0.25) is 0 Å². The molecule has 2 heterocycles. The molecule has 4 rings (SSSR count). The van der Waals surface area contributed by atoms with Crippen LogP contribution in [0.15, 0.2) is 60.8 Å². The number of piperidine rings is 1. The number of aryl methyl sites for hydroxylation is 1. The van der Waals surface area contributed by atoms with Crippen molar-refractivity contribution >= 4 is 17.5 Å². The average molecular weight is 390 g/mol. The largest absolute Gasteiger partial charge is 0.338 e. The van der Waals surface area contributed by atoms with Crippen molar-refractivity contribution in [3.63, 3.8) is 0 Å². The fourth-order valence-electron chi connectivity index (χ4n) is 3.69. The Morgan fingerprint density at radius 1 is 1.17 bits per heavy atom. The van der Waals surface area contributed by atoms with E-state index in [0.29, 0.717) is 12.5 Å². The molecule has 148 valence electrons. The second kappa shape index (κ2) is 8.39. The van der Waals surface area contributed by atoms with E-state index in [1.165, 1.54) is 12.1 Å². The Balaban J connectivity index is 1.48. The number of aromatic nitrogens is 2. The quantitative estimate of drug-likeness (QED) is 0.702. The SMILES string of the molecule is Cc1cccc(C(=O)N2CCC[C@@H](c3ccnc(Nc4ccc(F)cc4)n3)C2)c1. The summed E-state index contributed by atoms with van der Waals surface area (Å²) in [4.78, 5) is 23.7. The third-order valence-corrected chi connectivity index (χ3v) is 5.17. The van der Waals surface area contributed by atoms with Gasteiger partial charge in [-0.05, 0) is 62.2 Å². The van der Waals surface area contributed by atoms with Crippen molar-refractivity contribution in [2.45, 2.75) is 25.7 Å². The van der Waals surface area contributed by atoms with Crippen molar-refractivity contribution in [3.8, 4) is 0 Å². The predicted octanol–water partition coefficient (Wildman–Crippen LogP) is 4.69. The molecule has 1 saturated heterocycles. The zero-order chi connectivity index (χ0) is 20.2. The first-order valence-corrected chi connectivity index (χ1v) is 9.80. The van der Waals surface area contributed by atoms with Crippen LogP contribution in [-0.2, 0) is 0 Å². The Bertz CT molecular complexity index is 1010. The maximum atomic E-state index is 13.1. The fraction of sp³-hybridized carbons (Fsp3) is 0.261. The van der Waals surface area contributed by atoms with Gasteiger partial charge < -0.3 is 10.2 Å². The van der Waals surface area contributed by atoms with Gasteiger partial charge in [0.15, 0.2) is 0 Å². The predicted molar refractivity (Wildman–Crippen MR) is 111 cm³/mol. The van der Waals surface area contributed by atoms with E-state index in [1.807, 2.05) is 42.2 Å². The highest BCUT2D eigenvalue weighted by atomic mass is 19.1. The molecule has 0 bridgehead atoms. The highest BCUT2D eigenvalue weighted by Crippen LogP contribution is 2.27. The number of benzene rings is 2. The Morgan fingerprint density at radius 3 is 2.79 bits per heavy atom. The number of hydrogen-bond acceptors (Lipinski definition) is 4. The molecule has 3 aromatic rings. The van der Waals surface area contributed by atoms with Crippen molar-refractivity contribution in [3.05, 3.63) is 83.4 Å². The van der Waals surface area contributed by atoms with Crippen LogP contribution in [0.1, 0.15) is 40.4 Å². The van der Waals surface area contributed by atoms with E-state index in [9.17, 15) is 9.18 Å². The minimum absolute atomic E-state index is 0.0668. The van der Waals surface area contributed by atoms with Crippen LogP contribution < -0.4 is 5.32 Å². The first-order chi connectivity index (χ1) is 14.1. The van der Waals surface area contributed by atoms with Crippen LogP contribution in [0.3, 0.4) is 0 Å². The molecule has 29 heavy (non-hydrogen) atoms. The number of halogens is 1. The standard InChI is InChI=1S/C23H23FN4O/c1-16-4-2-5-17(14-16)22(29)28-13-3-6-18(15-28)21-11-12-25-23(27-21)26-20-9-7-19(24)8-10-20/h2,4-5,7-12,14,18H,3,6,13,15H2,1H3,(H,25,26,27)/t18-/m1/s1. The first kappa shape index (κ1) is 19.1. The van der Waals surface area contributed by atoms with Crippen molar-refractivity contribution < 1.29 is 9.18 Å². The maximum Gasteiger partial charge on any atom is 0.253 e. The summed E-state index contributed by atoms with van der Waals surface area (Å²) in [5.74, 6) is 0.411. The van der Waals surface area contributed by atoms with E-state index in [-0.39, 0.29) is 17.6 Å². The van der Waals surface area contributed by atoms with Crippen molar-refractivity contribution in [1.29, 1.82) is 0 Å². The third-order valence-electron chi connectivity index (χ3n) is 5.17. The van der Waals surface area contributed by atoms with Gasteiger partial charge in [-0.1, -0.05) is 17.7 Å². The lowest BCUT2D eigenvalue weighted by Gasteiger charge is -2.32. The molecule has 1 amide bonds. The van der Waals surface area contributed by atoms with Gasteiger partial charge in [0.2, 0.25) is 5.95 Å². The summed E-state index contributed by atoms with van der Waals surface area (Å²) in [6, 6.07) is 15.7. The Hall–Kier alpha value is -3.28. The molecule has 1 atom stereocenters. The molecule has 1 aliphatic heterocycles. The molecular formula is C23H23FN4O. The third kappa shape index (κ3) is 4.59. The minimum atomic E-state index is -0.286. The highest BCUT2D eigenvalue weighted by Gasteiger charge is 2.26. The number of nitrogens with zero attached hydrogens (tertiary/aromatic N) is 3. The van der Waals surface area contributed by atoms with Crippen LogP contribution in [0, 0.1) is 12.7 Å². The van der Waals surface area contributed by atoms with Gasteiger partial charge in [0, 0.05) is 36.5 Å². The van der Waals surface area contributed by atoms with Gasteiger partial charge in [-0.15, -0.1) is 0 Å². The zero-order valence-electron chi connectivity index (χ0n) is 16.3. The Labute approximate surface area is 169 Å². The number of likely N-dealkylation sites (tertiary alicyclic amines) is 1. The van der Waals surface area contributed by atoms with Gasteiger partial charge in [0.05, 0.1) is 5.69 Å². The number of rotatable bonds is 4. The van der Waals surface area contributed by atoms with Crippen LogP contribution in [0.4, 0.5) is 16.0 Å². The molecule has 0 unspecified atom stereocenters. The van der Waals surface area contributed by atoms with E-state index in [0.717, 1.165) is 41.9 Å². The first-order valence-electron chi connectivity index (χ1n) is 9.80. The molecule has 0 saturated carbocycles. The number of carbonyl (C=O) groups is 1. The van der Waals surface area contributed by atoms with E-state index >= 15 is 0 Å². The van der Waals surface area contributed by atoms with Gasteiger partial charge in [0.25, 0.3) is 5.91 Å². The maximum absolute atomic E-state index is 13.1. The molecule has 6 heteroatoms. The monoisotopic (exact) mass is 390 g/mol. The summed E-state index contributed by atoms with van der Waals surface area (Å²) < 4.78 is 13.1. The lowest BCUT2D eigenvalue weighted by molar-refractivity contribution is 0.0706. The van der Waals surface area contributed by atoms with Gasteiger partial charge in [0.1, 0.15) is 5.82 Å². The number of hydrogen-bond donors (Lipinski definition) is 1. The second-order valence-corrected chi connectivity index (χ2v) is 7.40. The fourth-order valence-corrected chi connectivity index (χ4v) is 3.69. The minimum Gasteiger partial charge on any atom is -0.338 e. The molecule has 2 aromatic carbocycles. The van der Waals surface area contributed by atoms with Gasteiger partial charge in [-0.3, -0.25) is 4.79 Å². The van der Waals surface area contributed by atoms with Crippen molar-refractivity contribution in [2.24, 2.45) is 0 Å². The summed E-state index contributed by atoms with van der Waals surface area (Å²) in [5.41, 5.74) is 3.44. The van der Waals surface area contributed by atoms with Crippen LogP contribution in [0.5, 0.6) is 0 Å². The summed E-state index contributed by atoms with van der Waals surface area (Å²) in [5, 5.41) is 3.11.